The summed E-state index contributed by atoms with van der Waals surface area (Å²) in [5.74, 6) is -0.0565. The Morgan fingerprint density at radius 2 is 2.22 bits per heavy atom. The van der Waals surface area contributed by atoms with Gasteiger partial charge < -0.3 is 11.5 Å². The van der Waals surface area contributed by atoms with Crippen LogP contribution in [0.5, 0.6) is 0 Å². The number of amides is 1. The van der Waals surface area contributed by atoms with Crippen molar-refractivity contribution in [2.24, 2.45) is 5.73 Å². The van der Waals surface area contributed by atoms with Gasteiger partial charge in [0.25, 0.3) is 5.91 Å². The van der Waals surface area contributed by atoms with Gasteiger partial charge >= 0.3 is 0 Å². The Kier molecular flexibility index (Phi) is 2.53. The highest BCUT2D eigenvalue weighted by Gasteiger charge is 2.14. The van der Waals surface area contributed by atoms with Gasteiger partial charge in [0, 0.05) is 22.0 Å². The van der Waals surface area contributed by atoms with Crippen LogP contribution in [0.2, 0.25) is 0 Å². The first-order valence-corrected chi connectivity index (χ1v) is 6.93. The summed E-state index contributed by atoms with van der Waals surface area (Å²) in [5, 5.41) is 4.85. The van der Waals surface area contributed by atoms with E-state index >= 15 is 0 Å². The second kappa shape index (κ2) is 4.08. The molecule has 0 fully saturated rings. The van der Waals surface area contributed by atoms with Crippen molar-refractivity contribution in [1.29, 1.82) is 0 Å². The molecule has 4 N–H and O–H groups in total. The molecule has 1 amide bonds. The third kappa shape index (κ3) is 1.66. The quantitative estimate of drug-likeness (QED) is 0.754. The van der Waals surface area contributed by atoms with Gasteiger partial charge in [0.2, 0.25) is 0 Å². The molecular formula is C12H9N3OS2. The lowest BCUT2D eigenvalue weighted by Gasteiger charge is -1.99. The normalized spacial score (nSPS) is 10.9. The molecule has 3 aromatic heterocycles. The lowest BCUT2D eigenvalue weighted by Crippen LogP contribution is -2.11. The molecule has 4 nitrogen and oxygen atoms in total. The fraction of sp³-hybridized carbons (Fsp3) is 0. The van der Waals surface area contributed by atoms with E-state index in [1.54, 1.807) is 11.3 Å². The lowest BCUT2D eigenvalue weighted by molar-refractivity contribution is 0.100. The molecule has 6 heteroatoms. The Hall–Kier alpha value is -1.92. The number of carbonyl (C=O) groups excluding carboxylic acids is 1. The van der Waals surface area contributed by atoms with E-state index in [0.717, 1.165) is 20.5 Å². The number of pyridine rings is 1. The Morgan fingerprint density at radius 3 is 2.89 bits per heavy atom. The Labute approximate surface area is 111 Å². The summed E-state index contributed by atoms with van der Waals surface area (Å²) in [6.45, 7) is 0. The van der Waals surface area contributed by atoms with Crippen molar-refractivity contribution in [1.82, 2.24) is 4.98 Å². The molecule has 3 rings (SSSR count). The summed E-state index contributed by atoms with van der Waals surface area (Å²) in [6, 6.07) is 3.99. The molecule has 0 aliphatic heterocycles. The fourth-order valence-corrected chi connectivity index (χ4v) is 3.67. The van der Waals surface area contributed by atoms with Crippen LogP contribution < -0.4 is 11.5 Å². The number of anilines is 1. The maximum absolute atomic E-state index is 11.4. The Bertz CT molecular complexity index is 731. The number of nitrogen functional groups attached to an aromatic ring is 1. The molecule has 0 unspecified atom stereocenters. The smallest absolute Gasteiger partial charge is 0.251 e. The number of nitrogens with two attached hydrogens (primary N) is 2. The minimum atomic E-state index is -0.480. The van der Waals surface area contributed by atoms with Crippen molar-refractivity contribution in [3.8, 4) is 10.4 Å². The molecule has 0 aliphatic carbocycles. The second-order valence-electron chi connectivity index (χ2n) is 3.79. The molecule has 0 aromatic carbocycles. The van der Waals surface area contributed by atoms with Crippen LogP contribution in [0.4, 0.5) is 5.82 Å². The van der Waals surface area contributed by atoms with E-state index in [1.807, 2.05) is 17.5 Å². The van der Waals surface area contributed by atoms with E-state index in [9.17, 15) is 4.79 Å². The number of nitrogens with zero attached hydrogens (tertiary/aromatic N) is 1. The molecule has 0 spiro atoms. The van der Waals surface area contributed by atoms with Crippen LogP contribution in [0.3, 0.4) is 0 Å². The third-order valence-electron chi connectivity index (χ3n) is 2.66. The van der Waals surface area contributed by atoms with Crippen LogP contribution in [0, 0.1) is 0 Å². The van der Waals surface area contributed by atoms with Gasteiger partial charge in [0.15, 0.2) is 0 Å². The summed E-state index contributed by atoms with van der Waals surface area (Å²) in [5.41, 5.74) is 12.7. The third-order valence-corrected chi connectivity index (χ3v) is 4.56. The first-order valence-electron chi connectivity index (χ1n) is 5.17. The Morgan fingerprint density at radius 1 is 1.39 bits per heavy atom. The number of fused-ring (bicyclic) bond motifs is 1. The summed E-state index contributed by atoms with van der Waals surface area (Å²) in [7, 11) is 0. The SMILES string of the molecule is NC(=O)c1cnc(N)c2cc(-c3ccsc3)sc12. The summed E-state index contributed by atoms with van der Waals surface area (Å²) < 4.78 is 0.802. The van der Waals surface area contributed by atoms with Crippen LogP contribution in [-0.4, -0.2) is 10.9 Å². The highest BCUT2D eigenvalue weighted by Crippen LogP contribution is 2.37. The minimum absolute atomic E-state index is 0.422. The predicted octanol–water partition coefficient (Wildman–Crippen LogP) is 2.71. The van der Waals surface area contributed by atoms with Crippen molar-refractivity contribution in [2.45, 2.75) is 0 Å². The molecule has 0 radical (unpaired) electrons. The largest absolute Gasteiger partial charge is 0.383 e. The number of aromatic nitrogens is 1. The number of hydrogen-bond donors (Lipinski definition) is 2. The first-order chi connectivity index (χ1) is 8.66. The summed E-state index contributed by atoms with van der Waals surface area (Å²) in [4.78, 5) is 16.4. The second-order valence-corrected chi connectivity index (χ2v) is 5.62. The van der Waals surface area contributed by atoms with Crippen LogP contribution in [-0.2, 0) is 0 Å². The zero-order chi connectivity index (χ0) is 12.7. The van der Waals surface area contributed by atoms with Gasteiger partial charge in [-0.2, -0.15) is 11.3 Å². The zero-order valence-corrected chi connectivity index (χ0v) is 10.8. The lowest BCUT2D eigenvalue weighted by atomic mass is 10.2. The van der Waals surface area contributed by atoms with Crippen molar-refractivity contribution < 1.29 is 4.79 Å². The first kappa shape index (κ1) is 11.2. The van der Waals surface area contributed by atoms with Crippen molar-refractivity contribution >= 4 is 44.5 Å². The maximum atomic E-state index is 11.4. The molecule has 3 heterocycles. The van der Waals surface area contributed by atoms with Gasteiger partial charge in [-0.3, -0.25) is 4.79 Å². The molecule has 0 atom stereocenters. The number of thiophene rings is 2. The Balaban J connectivity index is 2.31. The highest BCUT2D eigenvalue weighted by atomic mass is 32.1. The zero-order valence-electron chi connectivity index (χ0n) is 9.21. The average molecular weight is 275 g/mol. The molecule has 0 saturated carbocycles. The van der Waals surface area contributed by atoms with Gasteiger partial charge in [0.1, 0.15) is 5.82 Å². The van der Waals surface area contributed by atoms with Gasteiger partial charge in [-0.15, -0.1) is 11.3 Å². The highest BCUT2D eigenvalue weighted by molar-refractivity contribution is 7.23. The fourth-order valence-electron chi connectivity index (χ4n) is 1.77. The van der Waals surface area contributed by atoms with E-state index < -0.39 is 5.91 Å². The maximum Gasteiger partial charge on any atom is 0.251 e. The van der Waals surface area contributed by atoms with E-state index in [4.69, 9.17) is 11.5 Å². The van der Waals surface area contributed by atoms with Crippen LogP contribution in [0.25, 0.3) is 20.5 Å². The van der Waals surface area contributed by atoms with Gasteiger partial charge in [-0.1, -0.05) is 0 Å². The average Bonchev–Trinajstić information content (AvgIpc) is 2.97. The van der Waals surface area contributed by atoms with Gasteiger partial charge in [0.05, 0.1) is 10.3 Å². The van der Waals surface area contributed by atoms with E-state index in [1.165, 1.54) is 17.5 Å². The molecule has 0 bridgehead atoms. The molecule has 90 valence electrons. The number of rotatable bonds is 2. The monoisotopic (exact) mass is 275 g/mol. The molecular weight excluding hydrogens is 266 g/mol. The molecule has 0 aliphatic rings. The van der Waals surface area contributed by atoms with E-state index in [0.29, 0.717) is 11.4 Å². The molecule has 18 heavy (non-hydrogen) atoms. The molecule has 0 saturated heterocycles. The van der Waals surface area contributed by atoms with Gasteiger partial charge in [-0.05, 0) is 22.9 Å². The van der Waals surface area contributed by atoms with Crippen LogP contribution >= 0.6 is 22.7 Å². The number of primary amides is 1. The summed E-state index contributed by atoms with van der Waals surface area (Å²) in [6.07, 6.45) is 1.44. The number of carbonyl (C=O) groups is 1. The minimum Gasteiger partial charge on any atom is -0.383 e. The van der Waals surface area contributed by atoms with Crippen molar-refractivity contribution in [3.63, 3.8) is 0 Å². The van der Waals surface area contributed by atoms with E-state index in [2.05, 4.69) is 10.4 Å². The molecule has 3 aromatic rings. The van der Waals surface area contributed by atoms with E-state index in [-0.39, 0.29) is 0 Å². The standard InChI is InChI=1S/C12H9N3OS2/c13-11-7-3-9(6-1-2-17-5-6)18-10(7)8(4-15-11)12(14)16/h1-5H,(H2,13,15)(H2,14,16). The van der Waals surface area contributed by atoms with Crippen LogP contribution in [0.1, 0.15) is 10.4 Å². The topological polar surface area (TPSA) is 82.0 Å². The number of hydrogen-bond acceptors (Lipinski definition) is 5. The summed E-state index contributed by atoms with van der Waals surface area (Å²) >= 11 is 3.14. The van der Waals surface area contributed by atoms with Crippen molar-refractivity contribution in [3.05, 3.63) is 34.7 Å². The van der Waals surface area contributed by atoms with Crippen LogP contribution in [0.15, 0.2) is 29.1 Å². The van der Waals surface area contributed by atoms with Crippen molar-refractivity contribution in [2.75, 3.05) is 5.73 Å². The van der Waals surface area contributed by atoms with Gasteiger partial charge in [-0.25, -0.2) is 4.98 Å². The predicted molar refractivity (Wildman–Crippen MR) is 75.9 cm³/mol.